The van der Waals surface area contributed by atoms with Crippen LogP contribution in [0.5, 0.6) is 0 Å². The average Bonchev–Trinajstić information content (AvgIpc) is 2.75. The number of carbonyl (C=O) groups is 1. The summed E-state index contributed by atoms with van der Waals surface area (Å²) in [6, 6.07) is 0. The quantitative estimate of drug-likeness (QED) is 0.587. The van der Waals surface area contributed by atoms with Crippen molar-refractivity contribution in [2.45, 2.75) is 78.6 Å². The molecule has 1 fully saturated rings. The minimum absolute atomic E-state index is 0.219. The predicted octanol–water partition coefficient (Wildman–Crippen LogP) is 5.36. The Hall–Kier alpha value is -0.850. The van der Waals surface area contributed by atoms with E-state index in [0.717, 1.165) is 6.42 Å². The van der Waals surface area contributed by atoms with Crippen LogP contribution in [0.3, 0.4) is 0 Å². The molecule has 0 bridgehead atoms. The molecule has 0 atom stereocenters. The van der Waals surface area contributed by atoms with E-state index in [2.05, 4.69) is 13.8 Å². The van der Waals surface area contributed by atoms with Crippen molar-refractivity contribution in [3.8, 4) is 0 Å². The van der Waals surface area contributed by atoms with Crippen molar-refractivity contribution in [3.05, 3.63) is 22.8 Å². The van der Waals surface area contributed by atoms with Crippen LogP contribution in [-0.4, -0.2) is 5.78 Å². The van der Waals surface area contributed by atoms with Gasteiger partial charge in [-0.2, -0.15) is 0 Å². The van der Waals surface area contributed by atoms with Gasteiger partial charge < -0.3 is 0 Å². The number of rotatable bonds is 1. The highest BCUT2D eigenvalue weighted by Gasteiger charge is 2.45. The highest BCUT2D eigenvalue weighted by Crippen LogP contribution is 2.59. The zero-order valence-corrected chi connectivity index (χ0v) is 13.3. The number of carbonyl (C=O) groups excluding carboxylic acids is 1. The minimum Gasteiger partial charge on any atom is -0.295 e. The zero-order valence-electron chi connectivity index (χ0n) is 13.3. The lowest BCUT2D eigenvalue weighted by Crippen LogP contribution is -2.23. The summed E-state index contributed by atoms with van der Waals surface area (Å²) in [6.07, 6.45) is 13.8. The lowest BCUT2D eigenvalue weighted by molar-refractivity contribution is -0.112. The smallest absolute Gasteiger partial charge is 0.152 e. The molecule has 0 aliphatic heterocycles. The first-order valence-electron chi connectivity index (χ1n) is 8.36. The standard InChI is InChI=1S/C19H28O/c1-14(20)11-15-7-10-18(2,3)17-13-19(12-16(15)17)8-5-4-6-9-19/h11H,4-10,12-13H2,1-3H3/b15-11+. The second-order valence-electron chi connectivity index (χ2n) is 8.04. The van der Waals surface area contributed by atoms with Gasteiger partial charge in [0, 0.05) is 0 Å². The van der Waals surface area contributed by atoms with E-state index in [4.69, 9.17) is 0 Å². The van der Waals surface area contributed by atoms with Crippen LogP contribution >= 0.6 is 0 Å². The SMILES string of the molecule is CC(=O)/C=C1\CCC(C)(C)C2=C1CC1(CCCCC1)C2. The Morgan fingerprint density at radius 3 is 2.40 bits per heavy atom. The highest BCUT2D eigenvalue weighted by atomic mass is 16.1. The molecule has 20 heavy (non-hydrogen) atoms. The Kier molecular flexibility index (Phi) is 3.43. The van der Waals surface area contributed by atoms with Gasteiger partial charge in [0.15, 0.2) is 5.78 Å². The van der Waals surface area contributed by atoms with E-state index in [1.165, 1.54) is 56.9 Å². The summed E-state index contributed by atoms with van der Waals surface area (Å²) in [5.41, 5.74) is 5.55. The second-order valence-corrected chi connectivity index (χ2v) is 8.04. The molecule has 0 saturated heterocycles. The molecular weight excluding hydrogens is 244 g/mol. The molecule has 0 aromatic rings. The molecule has 110 valence electrons. The molecule has 0 amide bonds. The summed E-state index contributed by atoms with van der Waals surface area (Å²) in [5.74, 6) is 0.219. The summed E-state index contributed by atoms with van der Waals surface area (Å²) in [7, 11) is 0. The summed E-state index contributed by atoms with van der Waals surface area (Å²) in [6.45, 7) is 6.52. The molecule has 1 nitrogen and oxygen atoms in total. The van der Waals surface area contributed by atoms with Crippen LogP contribution in [0.25, 0.3) is 0 Å². The molecule has 0 heterocycles. The summed E-state index contributed by atoms with van der Waals surface area (Å²) in [4.78, 5) is 11.5. The topological polar surface area (TPSA) is 17.1 Å². The van der Waals surface area contributed by atoms with Crippen molar-refractivity contribution in [3.63, 3.8) is 0 Å². The van der Waals surface area contributed by atoms with Gasteiger partial charge in [-0.25, -0.2) is 0 Å². The number of ketones is 1. The van der Waals surface area contributed by atoms with Crippen molar-refractivity contribution in [2.75, 3.05) is 0 Å². The van der Waals surface area contributed by atoms with Crippen LogP contribution in [-0.2, 0) is 4.79 Å². The Balaban J connectivity index is 1.95. The maximum absolute atomic E-state index is 11.5. The van der Waals surface area contributed by atoms with E-state index < -0.39 is 0 Å². The fourth-order valence-corrected chi connectivity index (χ4v) is 4.79. The lowest BCUT2D eigenvalue weighted by Gasteiger charge is -2.36. The summed E-state index contributed by atoms with van der Waals surface area (Å²) in [5, 5.41) is 0. The lowest BCUT2D eigenvalue weighted by atomic mass is 9.69. The molecule has 1 saturated carbocycles. The minimum atomic E-state index is 0.219. The van der Waals surface area contributed by atoms with Gasteiger partial charge in [0.2, 0.25) is 0 Å². The molecule has 3 aliphatic carbocycles. The third-order valence-electron chi connectivity index (χ3n) is 5.98. The Morgan fingerprint density at radius 2 is 1.75 bits per heavy atom. The van der Waals surface area contributed by atoms with Crippen LogP contribution in [0.1, 0.15) is 78.6 Å². The number of allylic oxidation sites excluding steroid dienone is 4. The van der Waals surface area contributed by atoms with Crippen molar-refractivity contribution in [2.24, 2.45) is 10.8 Å². The van der Waals surface area contributed by atoms with Gasteiger partial charge in [-0.15, -0.1) is 0 Å². The number of hydrogen-bond donors (Lipinski definition) is 0. The molecule has 0 unspecified atom stereocenters. The maximum atomic E-state index is 11.5. The van der Waals surface area contributed by atoms with Gasteiger partial charge in [-0.05, 0) is 73.5 Å². The van der Waals surface area contributed by atoms with E-state index in [1.807, 2.05) is 6.08 Å². The third kappa shape index (κ3) is 2.40. The monoisotopic (exact) mass is 272 g/mol. The van der Waals surface area contributed by atoms with E-state index in [9.17, 15) is 4.79 Å². The van der Waals surface area contributed by atoms with E-state index in [0.29, 0.717) is 10.8 Å². The number of hydrogen-bond acceptors (Lipinski definition) is 1. The Morgan fingerprint density at radius 1 is 1.05 bits per heavy atom. The van der Waals surface area contributed by atoms with Crippen LogP contribution < -0.4 is 0 Å². The fraction of sp³-hybridized carbons (Fsp3) is 0.737. The van der Waals surface area contributed by atoms with Gasteiger partial charge in [-0.1, -0.05) is 38.7 Å². The van der Waals surface area contributed by atoms with E-state index in [-0.39, 0.29) is 5.78 Å². The molecule has 1 spiro atoms. The molecule has 1 heteroatoms. The zero-order chi connectivity index (χ0) is 14.4. The van der Waals surface area contributed by atoms with Gasteiger partial charge in [0.25, 0.3) is 0 Å². The van der Waals surface area contributed by atoms with E-state index in [1.54, 1.807) is 18.1 Å². The van der Waals surface area contributed by atoms with Gasteiger partial charge in [0.05, 0.1) is 0 Å². The van der Waals surface area contributed by atoms with Crippen molar-refractivity contribution in [1.82, 2.24) is 0 Å². The predicted molar refractivity (Wildman–Crippen MR) is 83.6 cm³/mol. The fourth-order valence-electron chi connectivity index (χ4n) is 4.79. The molecule has 0 aromatic carbocycles. The van der Waals surface area contributed by atoms with Crippen LogP contribution in [0.15, 0.2) is 22.8 Å². The molecule has 3 aliphatic rings. The normalized spacial score (nSPS) is 29.9. The van der Waals surface area contributed by atoms with Gasteiger partial charge in [0.1, 0.15) is 0 Å². The second kappa shape index (κ2) is 4.86. The molecule has 0 aromatic heterocycles. The summed E-state index contributed by atoms with van der Waals surface area (Å²) < 4.78 is 0. The third-order valence-corrected chi connectivity index (χ3v) is 5.98. The van der Waals surface area contributed by atoms with Crippen LogP contribution in [0, 0.1) is 10.8 Å². The van der Waals surface area contributed by atoms with Crippen molar-refractivity contribution < 1.29 is 4.79 Å². The largest absolute Gasteiger partial charge is 0.295 e. The highest BCUT2D eigenvalue weighted by molar-refractivity contribution is 5.89. The first-order valence-corrected chi connectivity index (χ1v) is 8.36. The summed E-state index contributed by atoms with van der Waals surface area (Å²) >= 11 is 0. The first kappa shape index (κ1) is 14.1. The van der Waals surface area contributed by atoms with Crippen molar-refractivity contribution in [1.29, 1.82) is 0 Å². The van der Waals surface area contributed by atoms with Crippen molar-refractivity contribution >= 4 is 5.78 Å². The maximum Gasteiger partial charge on any atom is 0.152 e. The average molecular weight is 272 g/mol. The van der Waals surface area contributed by atoms with Gasteiger partial charge >= 0.3 is 0 Å². The Bertz CT molecular complexity index is 484. The first-order chi connectivity index (χ1) is 9.42. The van der Waals surface area contributed by atoms with Gasteiger partial charge in [-0.3, -0.25) is 4.79 Å². The van der Waals surface area contributed by atoms with Crippen LogP contribution in [0.4, 0.5) is 0 Å². The molecule has 0 N–H and O–H groups in total. The molecule has 0 radical (unpaired) electrons. The molecule has 3 rings (SSSR count). The molecular formula is C19H28O. The van der Waals surface area contributed by atoms with Crippen LogP contribution in [0.2, 0.25) is 0 Å². The van der Waals surface area contributed by atoms with E-state index >= 15 is 0 Å². The Labute approximate surface area is 123 Å².